The van der Waals surface area contributed by atoms with Gasteiger partial charge < -0.3 is 23.7 Å². The fraction of sp³-hybridized carbons (Fsp3) is 0.750. The second kappa shape index (κ2) is 5.76. The molecule has 2 saturated heterocycles. The molecule has 0 aliphatic carbocycles. The van der Waals surface area contributed by atoms with E-state index in [1.165, 1.54) is 20.8 Å². The number of carbonyl (C=O) groups excluding carboxylic acids is 3. The van der Waals surface area contributed by atoms with Crippen LogP contribution in [0.4, 0.5) is 0 Å². The van der Waals surface area contributed by atoms with Crippen LogP contribution < -0.4 is 0 Å². The molecule has 2 rings (SSSR count). The van der Waals surface area contributed by atoms with E-state index in [1.54, 1.807) is 0 Å². The maximum absolute atomic E-state index is 11.2. The van der Waals surface area contributed by atoms with Gasteiger partial charge in [0.1, 0.15) is 12.2 Å². The van der Waals surface area contributed by atoms with Crippen molar-refractivity contribution >= 4 is 17.9 Å². The predicted molar refractivity (Wildman–Crippen MR) is 61.3 cm³/mol. The molecule has 20 heavy (non-hydrogen) atoms. The Morgan fingerprint density at radius 1 is 0.900 bits per heavy atom. The summed E-state index contributed by atoms with van der Waals surface area (Å²) in [4.78, 5) is 33.4. The highest BCUT2D eigenvalue weighted by Gasteiger charge is 2.56. The molecule has 0 N–H and O–H groups in total. The predicted octanol–water partition coefficient (Wildman–Crippen LogP) is -0.463. The van der Waals surface area contributed by atoms with Gasteiger partial charge in [0.05, 0.1) is 6.61 Å². The highest BCUT2D eigenvalue weighted by molar-refractivity contribution is 5.68. The van der Waals surface area contributed by atoms with Gasteiger partial charge in [-0.1, -0.05) is 0 Å². The van der Waals surface area contributed by atoms with Gasteiger partial charge in [-0.15, -0.1) is 0 Å². The lowest BCUT2D eigenvalue weighted by atomic mass is 10.1. The number of hydrogen-bond donors (Lipinski definition) is 0. The third-order valence-corrected chi connectivity index (χ3v) is 2.82. The molecule has 0 unspecified atom stereocenters. The smallest absolute Gasteiger partial charge is 0.305 e. The van der Waals surface area contributed by atoms with E-state index in [0.29, 0.717) is 6.61 Å². The SMILES string of the molecule is CC(=O)O[C@H]1O[C@@H]([C@H]2CO2)[C@H](OC(C)=O)[C@H]1OC(C)=O. The summed E-state index contributed by atoms with van der Waals surface area (Å²) < 4.78 is 25.8. The molecule has 0 aromatic carbocycles. The van der Waals surface area contributed by atoms with E-state index in [4.69, 9.17) is 23.7 Å². The fourth-order valence-corrected chi connectivity index (χ4v) is 2.09. The first kappa shape index (κ1) is 14.7. The van der Waals surface area contributed by atoms with Crippen molar-refractivity contribution in [2.45, 2.75) is 51.5 Å². The Hall–Kier alpha value is -1.67. The largest absolute Gasteiger partial charge is 0.455 e. The molecule has 8 heteroatoms. The van der Waals surface area contributed by atoms with Crippen LogP contribution in [-0.4, -0.2) is 55.2 Å². The minimum atomic E-state index is -1.12. The van der Waals surface area contributed by atoms with Crippen LogP contribution >= 0.6 is 0 Å². The van der Waals surface area contributed by atoms with Gasteiger partial charge in [-0.25, -0.2) is 0 Å². The normalized spacial score (nSPS) is 35.2. The lowest BCUT2D eigenvalue weighted by Gasteiger charge is -2.22. The summed E-state index contributed by atoms with van der Waals surface area (Å²) >= 11 is 0. The maximum Gasteiger partial charge on any atom is 0.305 e. The van der Waals surface area contributed by atoms with Gasteiger partial charge in [0.15, 0.2) is 6.10 Å². The Morgan fingerprint density at radius 2 is 1.40 bits per heavy atom. The van der Waals surface area contributed by atoms with Crippen LogP contribution in [0.3, 0.4) is 0 Å². The first-order valence-electron chi connectivity index (χ1n) is 6.17. The van der Waals surface area contributed by atoms with Crippen molar-refractivity contribution in [2.75, 3.05) is 6.61 Å². The molecule has 0 spiro atoms. The van der Waals surface area contributed by atoms with Gasteiger partial charge in [-0.05, 0) is 0 Å². The zero-order valence-electron chi connectivity index (χ0n) is 11.4. The molecule has 0 amide bonds. The van der Waals surface area contributed by atoms with Crippen LogP contribution in [0.25, 0.3) is 0 Å². The van der Waals surface area contributed by atoms with Crippen molar-refractivity contribution in [3.63, 3.8) is 0 Å². The Kier molecular flexibility index (Phi) is 4.24. The molecule has 2 aliphatic rings. The van der Waals surface area contributed by atoms with Gasteiger partial charge in [0, 0.05) is 20.8 Å². The second-order valence-electron chi connectivity index (χ2n) is 4.60. The monoisotopic (exact) mass is 288 g/mol. The van der Waals surface area contributed by atoms with Crippen LogP contribution in [0.2, 0.25) is 0 Å². The Labute approximate surface area is 115 Å². The van der Waals surface area contributed by atoms with E-state index in [1.807, 2.05) is 0 Å². The lowest BCUT2D eigenvalue weighted by Crippen LogP contribution is -2.42. The van der Waals surface area contributed by atoms with Gasteiger partial charge in [-0.2, -0.15) is 0 Å². The highest BCUT2D eigenvalue weighted by atomic mass is 16.8. The van der Waals surface area contributed by atoms with Gasteiger partial charge in [0.25, 0.3) is 0 Å². The summed E-state index contributed by atoms with van der Waals surface area (Å²) in [6, 6.07) is 0. The first-order chi connectivity index (χ1) is 9.38. The van der Waals surface area contributed by atoms with Gasteiger partial charge in [-0.3, -0.25) is 14.4 Å². The van der Waals surface area contributed by atoms with E-state index in [-0.39, 0.29) is 6.10 Å². The van der Waals surface area contributed by atoms with Crippen LogP contribution in [0.15, 0.2) is 0 Å². The molecule has 0 aromatic heterocycles. The van der Waals surface area contributed by atoms with Gasteiger partial charge >= 0.3 is 17.9 Å². The number of hydrogen-bond acceptors (Lipinski definition) is 8. The molecule has 2 aliphatic heterocycles. The van der Waals surface area contributed by atoms with Crippen molar-refractivity contribution < 1.29 is 38.1 Å². The number of ether oxygens (including phenoxy) is 5. The number of esters is 3. The minimum absolute atomic E-state index is 0.266. The highest BCUT2D eigenvalue weighted by Crippen LogP contribution is 2.34. The Balaban J connectivity index is 2.17. The molecule has 8 nitrogen and oxygen atoms in total. The third kappa shape index (κ3) is 3.45. The molecule has 2 fully saturated rings. The van der Waals surface area contributed by atoms with Crippen molar-refractivity contribution in [1.82, 2.24) is 0 Å². The van der Waals surface area contributed by atoms with E-state index in [0.717, 1.165) is 0 Å². The summed E-state index contributed by atoms with van der Waals surface area (Å²) in [5.74, 6) is -1.73. The molecule has 2 heterocycles. The van der Waals surface area contributed by atoms with E-state index >= 15 is 0 Å². The maximum atomic E-state index is 11.2. The molecule has 0 radical (unpaired) electrons. The Bertz CT molecular complexity index is 416. The zero-order valence-corrected chi connectivity index (χ0v) is 11.4. The molecular formula is C12H16O8. The van der Waals surface area contributed by atoms with Crippen molar-refractivity contribution in [3.8, 4) is 0 Å². The fourth-order valence-electron chi connectivity index (χ4n) is 2.09. The second-order valence-corrected chi connectivity index (χ2v) is 4.60. The standard InChI is InChI=1S/C12H16O8/c1-5(13)17-10-9(8-4-16-8)20-12(19-7(3)15)11(10)18-6(2)14/h8-12H,4H2,1-3H3/t8-,9+,10+,11-,12+/m1/s1. The summed E-state index contributed by atoms with van der Waals surface area (Å²) in [6.45, 7) is 4.09. The van der Waals surface area contributed by atoms with E-state index in [2.05, 4.69) is 0 Å². The molecular weight excluding hydrogens is 272 g/mol. The van der Waals surface area contributed by atoms with Crippen molar-refractivity contribution in [2.24, 2.45) is 0 Å². The summed E-state index contributed by atoms with van der Waals surface area (Å²) in [6.07, 6.45) is -3.89. The average Bonchev–Trinajstić information content (AvgIpc) is 3.08. The van der Waals surface area contributed by atoms with E-state index in [9.17, 15) is 14.4 Å². The van der Waals surface area contributed by atoms with E-state index < -0.39 is 42.5 Å². The molecule has 0 bridgehead atoms. The Morgan fingerprint density at radius 3 is 1.85 bits per heavy atom. The van der Waals surface area contributed by atoms with Crippen LogP contribution in [0.5, 0.6) is 0 Å². The van der Waals surface area contributed by atoms with Gasteiger partial charge in [0.2, 0.25) is 12.4 Å². The molecule has 112 valence electrons. The minimum Gasteiger partial charge on any atom is -0.455 e. The van der Waals surface area contributed by atoms with Crippen LogP contribution in [0.1, 0.15) is 20.8 Å². The number of epoxide rings is 1. The van der Waals surface area contributed by atoms with Crippen molar-refractivity contribution in [1.29, 1.82) is 0 Å². The van der Waals surface area contributed by atoms with Crippen LogP contribution in [0, 0.1) is 0 Å². The molecule has 5 atom stereocenters. The summed E-state index contributed by atoms with van der Waals surface area (Å²) in [5, 5.41) is 0. The lowest BCUT2D eigenvalue weighted by molar-refractivity contribution is -0.195. The topological polar surface area (TPSA) is 101 Å². The quantitative estimate of drug-likeness (QED) is 0.389. The average molecular weight is 288 g/mol. The third-order valence-electron chi connectivity index (χ3n) is 2.82. The van der Waals surface area contributed by atoms with Crippen molar-refractivity contribution in [3.05, 3.63) is 0 Å². The first-order valence-corrected chi connectivity index (χ1v) is 6.17. The van der Waals surface area contributed by atoms with Crippen LogP contribution in [-0.2, 0) is 38.1 Å². The summed E-state index contributed by atoms with van der Waals surface area (Å²) in [7, 11) is 0. The molecule has 0 aromatic rings. The number of carbonyl (C=O) groups is 3. The zero-order chi connectivity index (χ0) is 14.9. The molecule has 0 saturated carbocycles. The summed E-state index contributed by atoms with van der Waals surface area (Å²) in [5.41, 5.74) is 0. The number of rotatable bonds is 4.